The standard InChI is InChI=1S/C16H28O4/c1-19-13-8-6-12(7-9-13)14-5-3-4-10-16(14,18)11-15(17)20-2/h12-14,18H,3-11H2,1-2H3/t12?,13?,14-,16+/m0/s1. The minimum absolute atomic E-state index is 0.151. The highest BCUT2D eigenvalue weighted by Crippen LogP contribution is 2.45. The van der Waals surface area contributed by atoms with Crippen LogP contribution in [0.4, 0.5) is 0 Å². The molecule has 0 spiro atoms. The zero-order valence-electron chi connectivity index (χ0n) is 12.8. The molecule has 2 rings (SSSR count). The van der Waals surface area contributed by atoms with Gasteiger partial charge in [0.2, 0.25) is 0 Å². The van der Waals surface area contributed by atoms with E-state index in [1.54, 1.807) is 7.11 Å². The maximum absolute atomic E-state index is 11.6. The summed E-state index contributed by atoms with van der Waals surface area (Å²) in [6.45, 7) is 0. The molecule has 0 amide bonds. The number of ether oxygens (including phenoxy) is 2. The molecule has 0 saturated heterocycles. The minimum atomic E-state index is -0.851. The zero-order chi connectivity index (χ0) is 14.6. The Labute approximate surface area is 121 Å². The van der Waals surface area contributed by atoms with Crippen molar-refractivity contribution in [3.8, 4) is 0 Å². The van der Waals surface area contributed by atoms with Gasteiger partial charge in [-0.1, -0.05) is 12.8 Å². The molecule has 116 valence electrons. The van der Waals surface area contributed by atoms with E-state index in [9.17, 15) is 9.90 Å². The average molecular weight is 284 g/mol. The zero-order valence-corrected chi connectivity index (χ0v) is 12.8. The highest BCUT2D eigenvalue weighted by molar-refractivity contribution is 5.70. The first-order chi connectivity index (χ1) is 9.59. The summed E-state index contributed by atoms with van der Waals surface area (Å²) in [7, 11) is 3.17. The Balaban J connectivity index is 2.01. The van der Waals surface area contributed by atoms with E-state index >= 15 is 0 Å². The summed E-state index contributed by atoms with van der Waals surface area (Å²) in [5.41, 5.74) is -0.851. The van der Waals surface area contributed by atoms with Crippen LogP contribution in [0.1, 0.15) is 57.8 Å². The largest absolute Gasteiger partial charge is 0.469 e. The predicted molar refractivity (Wildman–Crippen MR) is 76.3 cm³/mol. The van der Waals surface area contributed by atoms with E-state index in [-0.39, 0.29) is 18.3 Å². The van der Waals surface area contributed by atoms with Gasteiger partial charge in [-0.3, -0.25) is 4.79 Å². The number of methoxy groups -OCH3 is 2. The van der Waals surface area contributed by atoms with Gasteiger partial charge in [0.1, 0.15) is 0 Å². The van der Waals surface area contributed by atoms with E-state index in [0.717, 1.165) is 44.9 Å². The average Bonchev–Trinajstić information content (AvgIpc) is 2.47. The van der Waals surface area contributed by atoms with Crippen molar-refractivity contribution in [1.82, 2.24) is 0 Å². The Morgan fingerprint density at radius 2 is 1.85 bits per heavy atom. The lowest BCUT2D eigenvalue weighted by Gasteiger charge is -2.45. The third-order valence-electron chi connectivity index (χ3n) is 5.36. The van der Waals surface area contributed by atoms with Crippen molar-refractivity contribution in [1.29, 1.82) is 0 Å². The molecular formula is C16H28O4. The van der Waals surface area contributed by atoms with Crippen molar-refractivity contribution >= 4 is 5.97 Å². The van der Waals surface area contributed by atoms with Crippen molar-refractivity contribution in [2.45, 2.75) is 69.5 Å². The van der Waals surface area contributed by atoms with Gasteiger partial charge in [0.05, 0.1) is 25.2 Å². The molecule has 0 bridgehead atoms. The second-order valence-electron chi connectivity index (χ2n) is 6.48. The quantitative estimate of drug-likeness (QED) is 0.806. The van der Waals surface area contributed by atoms with Gasteiger partial charge in [0.25, 0.3) is 0 Å². The lowest BCUT2D eigenvalue weighted by molar-refractivity contribution is -0.154. The number of hydrogen-bond acceptors (Lipinski definition) is 4. The summed E-state index contributed by atoms with van der Waals surface area (Å²) >= 11 is 0. The lowest BCUT2D eigenvalue weighted by atomic mass is 9.64. The molecule has 0 aromatic carbocycles. The maximum atomic E-state index is 11.6. The van der Waals surface area contributed by atoms with Crippen LogP contribution in [0, 0.1) is 11.8 Å². The van der Waals surface area contributed by atoms with E-state index in [4.69, 9.17) is 9.47 Å². The molecule has 4 heteroatoms. The molecule has 20 heavy (non-hydrogen) atoms. The second kappa shape index (κ2) is 6.90. The van der Waals surface area contributed by atoms with Crippen molar-refractivity contribution in [3.05, 3.63) is 0 Å². The maximum Gasteiger partial charge on any atom is 0.308 e. The topological polar surface area (TPSA) is 55.8 Å². The van der Waals surface area contributed by atoms with Crippen molar-refractivity contribution in [3.63, 3.8) is 0 Å². The van der Waals surface area contributed by atoms with Crippen LogP contribution in [-0.2, 0) is 14.3 Å². The fraction of sp³-hybridized carbons (Fsp3) is 0.938. The number of carbonyl (C=O) groups excluding carboxylic acids is 1. The van der Waals surface area contributed by atoms with Gasteiger partial charge in [-0.2, -0.15) is 0 Å². The number of esters is 1. The Kier molecular flexibility index (Phi) is 5.44. The van der Waals surface area contributed by atoms with Crippen LogP contribution in [0.25, 0.3) is 0 Å². The molecule has 0 aromatic rings. The molecule has 2 aliphatic carbocycles. The van der Waals surface area contributed by atoms with Crippen molar-refractivity contribution in [2.75, 3.05) is 14.2 Å². The van der Waals surface area contributed by atoms with Crippen molar-refractivity contribution < 1.29 is 19.4 Å². The number of hydrogen-bond donors (Lipinski definition) is 1. The van der Waals surface area contributed by atoms with E-state index in [1.165, 1.54) is 13.5 Å². The Morgan fingerprint density at radius 3 is 2.45 bits per heavy atom. The van der Waals surface area contributed by atoms with Gasteiger partial charge < -0.3 is 14.6 Å². The number of carbonyl (C=O) groups is 1. The van der Waals surface area contributed by atoms with E-state index in [2.05, 4.69) is 0 Å². The molecule has 0 unspecified atom stereocenters. The van der Waals surface area contributed by atoms with Crippen LogP contribution in [-0.4, -0.2) is 37.0 Å². The monoisotopic (exact) mass is 284 g/mol. The van der Waals surface area contributed by atoms with E-state index in [1.807, 2.05) is 0 Å². The van der Waals surface area contributed by atoms with Gasteiger partial charge >= 0.3 is 5.97 Å². The predicted octanol–water partition coefficient (Wildman–Crippen LogP) is 2.68. The third-order valence-corrected chi connectivity index (χ3v) is 5.36. The van der Waals surface area contributed by atoms with E-state index in [0.29, 0.717) is 12.0 Å². The normalized spacial score (nSPS) is 38.5. The smallest absolute Gasteiger partial charge is 0.308 e. The first-order valence-electron chi connectivity index (χ1n) is 7.91. The van der Waals surface area contributed by atoms with Crippen LogP contribution in [0.5, 0.6) is 0 Å². The second-order valence-corrected chi connectivity index (χ2v) is 6.48. The van der Waals surface area contributed by atoms with Gasteiger partial charge in [0, 0.05) is 7.11 Å². The summed E-state index contributed by atoms with van der Waals surface area (Å²) in [5, 5.41) is 11.0. The van der Waals surface area contributed by atoms with E-state index < -0.39 is 5.60 Å². The fourth-order valence-electron chi connectivity index (χ4n) is 4.19. The number of aliphatic hydroxyl groups is 1. The molecule has 0 heterocycles. The summed E-state index contributed by atoms with van der Waals surface area (Å²) in [5.74, 6) is 0.481. The summed E-state index contributed by atoms with van der Waals surface area (Å²) in [6.07, 6.45) is 8.83. The van der Waals surface area contributed by atoms with Gasteiger partial charge in [-0.05, 0) is 50.4 Å². The highest BCUT2D eigenvalue weighted by Gasteiger charge is 2.45. The van der Waals surface area contributed by atoms with Crippen LogP contribution in [0.15, 0.2) is 0 Å². The van der Waals surface area contributed by atoms with Crippen LogP contribution < -0.4 is 0 Å². The molecule has 2 aliphatic rings. The molecule has 2 saturated carbocycles. The fourth-order valence-corrected chi connectivity index (χ4v) is 4.19. The van der Waals surface area contributed by atoms with Crippen LogP contribution in [0.3, 0.4) is 0 Å². The molecule has 0 radical (unpaired) electrons. The lowest BCUT2D eigenvalue weighted by Crippen LogP contribution is -2.47. The third kappa shape index (κ3) is 3.53. The van der Waals surface area contributed by atoms with Crippen LogP contribution >= 0.6 is 0 Å². The first-order valence-corrected chi connectivity index (χ1v) is 7.91. The Morgan fingerprint density at radius 1 is 1.15 bits per heavy atom. The Hall–Kier alpha value is -0.610. The SMILES string of the molecule is COC(=O)C[C@]1(O)CCCC[C@H]1C1CCC(OC)CC1. The van der Waals surface area contributed by atoms with Crippen LogP contribution in [0.2, 0.25) is 0 Å². The molecule has 2 atom stereocenters. The first kappa shape index (κ1) is 15.8. The molecule has 1 N–H and O–H groups in total. The van der Waals surface area contributed by atoms with Gasteiger partial charge in [-0.25, -0.2) is 0 Å². The molecule has 0 aliphatic heterocycles. The summed E-state index contributed by atoms with van der Waals surface area (Å²) in [6, 6.07) is 0. The summed E-state index contributed by atoms with van der Waals surface area (Å²) < 4.78 is 10.2. The summed E-state index contributed by atoms with van der Waals surface area (Å²) in [4.78, 5) is 11.6. The minimum Gasteiger partial charge on any atom is -0.469 e. The van der Waals surface area contributed by atoms with Gasteiger partial charge in [0.15, 0.2) is 0 Å². The van der Waals surface area contributed by atoms with Crippen molar-refractivity contribution in [2.24, 2.45) is 11.8 Å². The molecule has 0 aromatic heterocycles. The molecule has 4 nitrogen and oxygen atoms in total. The molecular weight excluding hydrogens is 256 g/mol. The highest BCUT2D eigenvalue weighted by atomic mass is 16.5. The Bertz CT molecular complexity index is 322. The molecule has 2 fully saturated rings. The van der Waals surface area contributed by atoms with Gasteiger partial charge in [-0.15, -0.1) is 0 Å². The number of rotatable bonds is 4.